The number of nitrogens with one attached hydrogen (secondary N) is 1. The van der Waals surface area contributed by atoms with Gasteiger partial charge in [-0.15, -0.1) is 0 Å². The van der Waals surface area contributed by atoms with Gasteiger partial charge in [0, 0.05) is 45.0 Å². The molecule has 1 aliphatic heterocycles. The van der Waals surface area contributed by atoms with Crippen molar-refractivity contribution in [1.82, 2.24) is 20.1 Å². The summed E-state index contributed by atoms with van der Waals surface area (Å²) < 4.78 is 11.3. The molecule has 3 heterocycles. The predicted molar refractivity (Wildman–Crippen MR) is 118 cm³/mol. The van der Waals surface area contributed by atoms with Gasteiger partial charge in [-0.25, -0.2) is 9.98 Å². The van der Waals surface area contributed by atoms with Crippen molar-refractivity contribution < 1.29 is 13.9 Å². The monoisotopic (exact) mass is 425 g/mol. The van der Waals surface area contributed by atoms with E-state index in [0.717, 1.165) is 44.0 Å². The van der Waals surface area contributed by atoms with Crippen molar-refractivity contribution >= 4 is 11.9 Å². The molecular weight excluding hydrogens is 394 g/mol. The van der Waals surface area contributed by atoms with E-state index in [1.807, 2.05) is 17.0 Å². The van der Waals surface area contributed by atoms with E-state index >= 15 is 0 Å². The maximum Gasteiger partial charge on any atom is 0.289 e. The Bertz CT molecular complexity index is 869. The quantitative estimate of drug-likeness (QED) is 0.566. The van der Waals surface area contributed by atoms with Crippen LogP contribution in [0.5, 0.6) is 5.88 Å². The number of guanidine groups is 1. The highest BCUT2D eigenvalue weighted by Gasteiger charge is 2.25. The van der Waals surface area contributed by atoms with Crippen LogP contribution in [0, 0.1) is 0 Å². The molecule has 0 bridgehead atoms. The topological polar surface area (TPSA) is 83.2 Å². The number of pyridine rings is 1. The molecule has 0 atom stereocenters. The Morgan fingerprint density at radius 2 is 2.00 bits per heavy atom. The first-order valence-electron chi connectivity index (χ1n) is 11.2. The molecule has 2 aliphatic rings. The number of nitrogens with zero attached hydrogens (tertiary/aromatic N) is 4. The van der Waals surface area contributed by atoms with Gasteiger partial charge >= 0.3 is 0 Å². The van der Waals surface area contributed by atoms with Gasteiger partial charge in [0.05, 0.1) is 12.8 Å². The summed E-state index contributed by atoms with van der Waals surface area (Å²) in [7, 11) is 0. The normalized spacial score (nSPS) is 17.8. The van der Waals surface area contributed by atoms with Crippen molar-refractivity contribution in [1.29, 1.82) is 0 Å². The van der Waals surface area contributed by atoms with Crippen LogP contribution < -0.4 is 10.1 Å². The Kier molecular flexibility index (Phi) is 7.07. The summed E-state index contributed by atoms with van der Waals surface area (Å²) in [5.74, 6) is 1.89. The van der Waals surface area contributed by atoms with Crippen LogP contribution >= 0.6 is 0 Å². The van der Waals surface area contributed by atoms with Gasteiger partial charge in [0.15, 0.2) is 11.7 Å². The highest BCUT2D eigenvalue weighted by atomic mass is 16.5. The number of carbonyl (C=O) groups excluding carboxylic acids is 1. The van der Waals surface area contributed by atoms with Crippen molar-refractivity contribution in [3.63, 3.8) is 0 Å². The van der Waals surface area contributed by atoms with Gasteiger partial charge in [0.1, 0.15) is 6.10 Å². The number of aliphatic imine (C=N–C) groups is 1. The smallest absolute Gasteiger partial charge is 0.289 e. The van der Waals surface area contributed by atoms with E-state index in [-0.39, 0.29) is 5.91 Å². The molecule has 1 saturated heterocycles. The molecule has 2 aromatic heterocycles. The Balaban J connectivity index is 1.35. The fraction of sp³-hybridized carbons (Fsp3) is 0.522. The lowest BCUT2D eigenvalue weighted by molar-refractivity contribution is 0.0657. The number of aromatic nitrogens is 1. The summed E-state index contributed by atoms with van der Waals surface area (Å²) >= 11 is 0. The lowest BCUT2D eigenvalue weighted by Crippen LogP contribution is -2.53. The number of furan rings is 1. The predicted octanol–water partition coefficient (Wildman–Crippen LogP) is 2.92. The molecule has 4 rings (SSSR count). The molecule has 0 aromatic carbocycles. The highest BCUT2D eigenvalue weighted by Crippen LogP contribution is 2.23. The summed E-state index contributed by atoms with van der Waals surface area (Å²) in [6, 6.07) is 7.42. The first-order valence-corrected chi connectivity index (χ1v) is 11.2. The van der Waals surface area contributed by atoms with Crippen LogP contribution in [0.15, 0.2) is 46.1 Å². The SMILES string of the molecule is CCNC(=NCc1ccnc(OC2CCCC2)c1)N1CCN(C(=O)c2ccco2)CC1. The second-order valence-corrected chi connectivity index (χ2v) is 7.95. The van der Waals surface area contributed by atoms with Gasteiger partial charge in [-0.2, -0.15) is 0 Å². The molecule has 1 N–H and O–H groups in total. The third-order valence-corrected chi connectivity index (χ3v) is 5.73. The minimum absolute atomic E-state index is 0.0573. The number of carbonyl (C=O) groups is 1. The zero-order valence-electron chi connectivity index (χ0n) is 18.1. The molecule has 1 amide bonds. The molecule has 2 aromatic rings. The Morgan fingerprint density at radius 1 is 1.23 bits per heavy atom. The number of piperazine rings is 1. The minimum atomic E-state index is -0.0573. The van der Waals surface area contributed by atoms with Gasteiger partial charge in [0.25, 0.3) is 5.91 Å². The van der Waals surface area contributed by atoms with Crippen LogP contribution in [0.4, 0.5) is 0 Å². The van der Waals surface area contributed by atoms with Gasteiger partial charge in [0.2, 0.25) is 5.88 Å². The van der Waals surface area contributed by atoms with Crippen LogP contribution in [-0.2, 0) is 6.54 Å². The molecular formula is C23H31N5O3. The molecule has 1 aliphatic carbocycles. The third-order valence-electron chi connectivity index (χ3n) is 5.73. The van der Waals surface area contributed by atoms with E-state index in [4.69, 9.17) is 14.1 Å². The fourth-order valence-electron chi connectivity index (χ4n) is 4.06. The van der Waals surface area contributed by atoms with Gasteiger partial charge in [-0.1, -0.05) is 0 Å². The zero-order chi connectivity index (χ0) is 21.5. The van der Waals surface area contributed by atoms with Crippen LogP contribution in [0.1, 0.15) is 48.7 Å². The Morgan fingerprint density at radius 3 is 2.71 bits per heavy atom. The number of amides is 1. The van der Waals surface area contributed by atoms with Crippen molar-refractivity contribution in [2.75, 3.05) is 32.7 Å². The van der Waals surface area contributed by atoms with Crippen molar-refractivity contribution in [2.24, 2.45) is 4.99 Å². The first kappa shape index (κ1) is 21.2. The number of ether oxygens (including phenoxy) is 1. The largest absolute Gasteiger partial charge is 0.474 e. The van der Waals surface area contributed by atoms with Gasteiger partial charge in [-0.3, -0.25) is 4.79 Å². The third kappa shape index (κ3) is 5.57. The number of hydrogen-bond acceptors (Lipinski definition) is 5. The molecule has 1 saturated carbocycles. The van der Waals surface area contributed by atoms with Gasteiger partial charge < -0.3 is 24.3 Å². The Hall–Kier alpha value is -3.03. The van der Waals surface area contributed by atoms with Gasteiger partial charge in [-0.05, 0) is 56.4 Å². The minimum Gasteiger partial charge on any atom is -0.474 e. The van der Waals surface area contributed by atoms with E-state index in [1.54, 1.807) is 18.3 Å². The molecule has 8 nitrogen and oxygen atoms in total. The first-order chi connectivity index (χ1) is 15.2. The second-order valence-electron chi connectivity index (χ2n) is 7.95. The standard InChI is InChI=1S/C23H31N5O3/c1-2-24-23(28-13-11-27(12-14-28)22(29)20-8-5-15-30-20)26-17-18-9-10-25-21(16-18)31-19-6-3-4-7-19/h5,8-10,15-16,19H,2-4,6-7,11-14,17H2,1H3,(H,24,26). The van der Waals surface area contributed by atoms with Crippen LogP contribution in [0.25, 0.3) is 0 Å². The number of rotatable bonds is 6. The molecule has 8 heteroatoms. The zero-order valence-corrected chi connectivity index (χ0v) is 18.1. The van der Waals surface area contributed by atoms with Crippen molar-refractivity contribution in [3.05, 3.63) is 48.0 Å². The lowest BCUT2D eigenvalue weighted by Gasteiger charge is -2.36. The lowest BCUT2D eigenvalue weighted by atomic mass is 10.2. The number of hydrogen-bond donors (Lipinski definition) is 1. The second kappa shape index (κ2) is 10.3. The molecule has 0 radical (unpaired) electrons. The van der Waals surface area contributed by atoms with E-state index in [0.29, 0.717) is 37.4 Å². The highest BCUT2D eigenvalue weighted by molar-refractivity contribution is 5.91. The van der Waals surface area contributed by atoms with Crippen molar-refractivity contribution in [3.8, 4) is 5.88 Å². The maximum absolute atomic E-state index is 12.5. The summed E-state index contributed by atoms with van der Waals surface area (Å²) in [6.07, 6.45) is 8.32. The van der Waals surface area contributed by atoms with Crippen LogP contribution in [0.2, 0.25) is 0 Å². The van der Waals surface area contributed by atoms with E-state index in [1.165, 1.54) is 19.1 Å². The van der Waals surface area contributed by atoms with Crippen LogP contribution in [0.3, 0.4) is 0 Å². The Labute approximate surface area is 183 Å². The fourth-order valence-corrected chi connectivity index (χ4v) is 4.06. The molecule has 2 fully saturated rings. The van der Waals surface area contributed by atoms with Crippen LogP contribution in [-0.4, -0.2) is 65.5 Å². The van der Waals surface area contributed by atoms with Crippen molar-refractivity contribution in [2.45, 2.75) is 45.3 Å². The molecule has 0 unspecified atom stereocenters. The molecule has 166 valence electrons. The van der Waals surface area contributed by atoms with E-state index < -0.39 is 0 Å². The van der Waals surface area contributed by atoms with E-state index in [9.17, 15) is 4.79 Å². The average Bonchev–Trinajstić information content (AvgIpc) is 3.51. The average molecular weight is 426 g/mol. The summed E-state index contributed by atoms with van der Waals surface area (Å²) in [5.41, 5.74) is 1.07. The van der Waals surface area contributed by atoms with E-state index in [2.05, 4.69) is 22.1 Å². The summed E-state index contributed by atoms with van der Waals surface area (Å²) in [4.78, 5) is 25.7. The molecule has 31 heavy (non-hydrogen) atoms. The summed E-state index contributed by atoms with van der Waals surface area (Å²) in [6.45, 7) is 6.13. The maximum atomic E-state index is 12.5. The molecule has 0 spiro atoms. The summed E-state index contributed by atoms with van der Waals surface area (Å²) in [5, 5.41) is 3.37.